The topological polar surface area (TPSA) is 53.0 Å². The lowest BCUT2D eigenvalue weighted by Gasteiger charge is -2.27. The molecule has 0 spiro atoms. The molecule has 0 saturated carbocycles. The maximum Gasteiger partial charge on any atom is 0.436 e. The molecule has 150 valence electrons. The molecule has 11 heteroatoms. The molecule has 1 aliphatic heterocycles. The van der Waals surface area contributed by atoms with E-state index >= 15 is 0 Å². The lowest BCUT2D eigenvalue weighted by molar-refractivity contribution is -0.137. The lowest BCUT2D eigenvalue weighted by Crippen LogP contribution is -2.42. The average molecular weight is 439 g/mol. The van der Waals surface area contributed by atoms with Crippen molar-refractivity contribution in [1.82, 2.24) is 4.90 Å². The van der Waals surface area contributed by atoms with Crippen LogP contribution in [0, 0.1) is 5.82 Å². The van der Waals surface area contributed by atoms with Crippen molar-refractivity contribution in [2.45, 2.75) is 18.9 Å². The average Bonchev–Trinajstić information content (AvgIpc) is 2.92. The summed E-state index contributed by atoms with van der Waals surface area (Å²) in [6.07, 6.45) is -6.98. The molecule has 1 fully saturated rings. The van der Waals surface area contributed by atoms with Gasteiger partial charge < -0.3 is 9.94 Å². The third-order valence-electron chi connectivity index (χ3n) is 4.12. The second-order valence-corrected chi connectivity index (χ2v) is 6.60. The summed E-state index contributed by atoms with van der Waals surface area (Å²) in [5.41, 5.74) is -1.43. The largest absolute Gasteiger partial charge is 0.436 e. The Kier molecular flexibility index (Phi) is 5.60. The molecule has 1 saturated heterocycles. The summed E-state index contributed by atoms with van der Waals surface area (Å²) in [6.45, 7) is -1.09. The van der Waals surface area contributed by atoms with Crippen LogP contribution in [-0.4, -0.2) is 28.9 Å². The van der Waals surface area contributed by atoms with Crippen molar-refractivity contribution in [3.05, 3.63) is 63.4 Å². The number of benzene rings is 2. The van der Waals surface area contributed by atoms with E-state index in [0.717, 1.165) is 28.2 Å². The number of hydrogen-bond donors (Lipinski definition) is 1. The van der Waals surface area contributed by atoms with Gasteiger partial charge in [-0.1, -0.05) is 35.3 Å². The van der Waals surface area contributed by atoms with Crippen LogP contribution in [0.5, 0.6) is 0 Å². The fraction of sp³-hybridized carbons (Fsp3) is 0.235. The molecule has 3 rings (SSSR count). The van der Waals surface area contributed by atoms with E-state index in [0.29, 0.717) is 0 Å². The first-order valence-electron chi connectivity index (χ1n) is 7.82. The number of aliphatic hydroxyl groups is 1. The van der Waals surface area contributed by atoms with Gasteiger partial charge in [-0.15, -0.1) is 0 Å². The van der Waals surface area contributed by atoms with Crippen LogP contribution in [0.15, 0.2) is 36.4 Å². The number of alkyl halides is 3. The van der Waals surface area contributed by atoms with Gasteiger partial charge in [-0.3, -0.25) is 4.90 Å². The molecule has 0 bridgehead atoms. The van der Waals surface area contributed by atoms with Crippen molar-refractivity contribution >= 4 is 35.0 Å². The van der Waals surface area contributed by atoms with Crippen molar-refractivity contribution in [2.24, 2.45) is 0 Å². The molecular formula is C17H12Cl2F4N2O3. The van der Waals surface area contributed by atoms with Crippen LogP contribution in [-0.2, 0) is 17.6 Å². The quantitative estimate of drug-likeness (QED) is 0.693. The molecule has 5 nitrogen and oxygen atoms in total. The summed E-state index contributed by atoms with van der Waals surface area (Å²) < 4.78 is 53.3. The van der Waals surface area contributed by atoms with E-state index in [1.54, 1.807) is 0 Å². The number of rotatable bonds is 4. The van der Waals surface area contributed by atoms with Gasteiger partial charge >= 0.3 is 12.3 Å². The van der Waals surface area contributed by atoms with Crippen molar-refractivity contribution in [1.29, 1.82) is 0 Å². The molecule has 2 aromatic carbocycles. The first-order valence-corrected chi connectivity index (χ1v) is 8.58. The van der Waals surface area contributed by atoms with E-state index in [1.165, 1.54) is 18.2 Å². The maximum absolute atomic E-state index is 14.0. The van der Waals surface area contributed by atoms with Gasteiger partial charge in [-0.05, 0) is 24.3 Å². The lowest BCUT2D eigenvalue weighted by atomic mass is 10.1. The van der Waals surface area contributed by atoms with Crippen LogP contribution in [0.25, 0.3) is 0 Å². The van der Waals surface area contributed by atoms with E-state index in [2.05, 4.69) is 0 Å². The first kappa shape index (κ1) is 20.5. The Morgan fingerprint density at radius 1 is 1.14 bits per heavy atom. The Hall–Kier alpha value is -2.23. The number of anilines is 1. The molecule has 0 radical (unpaired) electrons. The van der Waals surface area contributed by atoms with Crippen LogP contribution < -0.4 is 5.06 Å². The zero-order chi connectivity index (χ0) is 20.6. The number of nitrogens with zero attached hydrogens (tertiary/aromatic N) is 2. The molecule has 1 heterocycles. The van der Waals surface area contributed by atoms with Crippen molar-refractivity contribution < 1.29 is 32.3 Å². The van der Waals surface area contributed by atoms with E-state index in [1.807, 2.05) is 0 Å². The minimum atomic E-state index is -4.73. The molecule has 1 aliphatic rings. The second-order valence-electron chi connectivity index (χ2n) is 5.81. The van der Waals surface area contributed by atoms with Gasteiger partial charge in [-0.2, -0.15) is 18.2 Å². The normalized spacial score (nSPS) is 17.2. The summed E-state index contributed by atoms with van der Waals surface area (Å²) in [5, 5.41) is 9.81. The Morgan fingerprint density at radius 3 is 2.43 bits per heavy atom. The first-order chi connectivity index (χ1) is 13.1. The van der Waals surface area contributed by atoms with E-state index in [4.69, 9.17) is 28.0 Å². The Labute approximate surface area is 166 Å². The SMILES string of the molecule is O=C1ON(c2cccc(C(F)(F)F)c2Cl)C(CO)N1Cc1c(F)cccc1Cl. The molecule has 0 aliphatic carbocycles. The summed E-state index contributed by atoms with van der Waals surface area (Å²) in [7, 11) is 0. The third kappa shape index (κ3) is 3.69. The number of hydroxylamine groups is 1. The summed E-state index contributed by atoms with van der Waals surface area (Å²) in [6, 6.07) is 6.99. The highest BCUT2D eigenvalue weighted by Gasteiger charge is 2.43. The van der Waals surface area contributed by atoms with Crippen molar-refractivity contribution in [2.75, 3.05) is 11.7 Å². The molecular weight excluding hydrogens is 427 g/mol. The number of amides is 1. The van der Waals surface area contributed by atoms with Gasteiger partial charge in [0, 0.05) is 10.6 Å². The predicted octanol–water partition coefficient (Wildman–Crippen LogP) is 4.84. The molecule has 0 aromatic heterocycles. The molecule has 1 amide bonds. The van der Waals surface area contributed by atoms with Crippen molar-refractivity contribution in [3.63, 3.8) is 0 Å². The highest BCUT2D eigenvalue weighted by molar-refractivity contribution is 6.34. The molecule has 2 aromatic rings. The number of aliphatic hydroxyl groups excluding tert-OH is 1. The molecule has 28 heavy (non-hydrogen) atoms. The van der Waals surface area contributed by atoms with Crippen molar-refractivity contribution in [3.8, 4) is 0 Å². The minimum Gasteiger partial charge on any atom is -0.392 e. The van der Waals surface area contributed by atoms with Gasteiger partial charge in [0.25, 0.3) is 0 Å². The van der Waals surface area contributed by atoms with Crippen LogP contribution in [0.2, 0.25) is 10.0 Å². The van der Waals surface area contributed by atoms with Gasteiger partial charge in [-0.25, -0.2) is 9.18 Å². The van der Waals surface area contributed by atoms with E-state index in [9.17, 15) is 27.5 Å². The van der Waals surface area contributed by atoms with Gasteiger partial charge in [0.2, 0.25) is 0 Å². The zero-order valence-electron chi connectivity index (χ0n) is 13.9. The highest BCUT2D eigenvalue weighted by atomic mass is 35.5. The van der Waals surface area contributed by atoms with Gasteiger partial charge in [0.1, 0.15) is 5.82 Å². The zero-order valence-corrected chi connectivity index (χ0v) is 15.4. The molecule has 1 unspecified atom stereocenters. The Morgan fingerprint density at radius 2 is 1.82 bits per heavy atom. The minimum absolute atomic E-state index is 0.0310. The Balaban J connectivity index is 1.97. The highest BCUT2D eigenvalue weighted by Crippen LogP contribution is 2.41. The predicted molar refractivity (Wildman–Crippen MR) is 93.2 cm³/mol. The van der Waals surface area contributed by atoms with Crippen LogP contribution in [0.4, 0.5) is 28.0 Å². The smallest absolute Gasteiger partial charge is 0.392 e. The number of halogens is 6. The fourth-order valence-electron chi connectivity index (χ4n) is 2.76. The number of hydrogen-bond acceptors (Lipinski definition) is 4. The summed E-state index contributed by atoms with van der Waals surface area (Å²) >= 11 is 11.8. The van der Waals surface area contributed by atoms with E-state index in [-0.39, 0.29) is 22.8 Å². The monoisotopic (exact) mass is 438 g/mol. The second kappa shape index (κ2) is 7.65. The fourth-order valence-corrected chi connectivity index (χ4v) is 3.30. The summed E-state index contributed by atoms with van der Waals surface area (Å²) in [5.74, 6) is -0.687. The molecule has 1 atom stereocenters. The maximum atomic E-state index is 14.0. The number of carbonyl (C=O) groups is 1. The Bertz CT molecular complexity index is 890. The van der Waals surface area contributed by atoms with E-state index < -0.39 is 41.4 Å². The number of carbonyl (C=O) groups excluding carboxylic acids is 1. The van der Waals surface area contributed by atoms with Crippen LogP contribution >= 0.6 is 23.2 Å². The van der Waals surface area contributed by atoms with Crippen LogP contribution in [0.3, 0.4) is 0 Å². The standard InChI is InChI=1S/C17H12Cl2F4N2O3/c18-11-4-2-5-12(20)9(11)7-24-14(8-26)25(28-16(24)27)13-6-1-3-10(15(13)19)17(21,22)23/h1-6,14,26H,7-8H2. The third-order valence-corrected chi connectivity index (χ3v) is 4.87. The van der Waals surface area contributed by atoms with Crippen LogP contribution in [0.1, 0.15) is 11.1 Å². The summed E-state index contributed by atoms with van der Waals surface area (Å²) in [4.78, 5) is 18.2. The van der Waals surface area contributed by atoms with Gasteiger partial charge in [0.15, 0.2) is 6.17 Å². The van der Waals surface area contributed by atoms with Gasteiger partial charge in [0.05, 0.1) is 29.4 Å². The molecule has 1 N–H and O–H groups in total.